The summed E-state index contributed by atoms with van der Waals surface area (Å²) in [5.41, 5.74) is 1.73. The Bertz CT molecular complexity index is 918. The van der Waals surface area contributed by atoms with Gasteiger partial charge in [0.1, 0.15) is 11.5 Å². The van der Waals surface area contributed by atoms with Gasteiger partial charge >= 0.3 is 0 Å². The molecule has 1 aromatic heterocycles. The first-order chi connectivity index (χ1) is 14.6. The van der Waals surface area contributed by atoms with Crippen LogP contribution in [-0.2, 0) is 9.59 Å². The highest BCUT2D eigenvalue weighted by Crippen LogP contribution is 2.38. The number of benzene rings is 1. The van der Waals surface area contributed by atoms with Gasteiger partial charge in [-0.25, -0.2) is 0 Å². The Balaban J connectivity index is 1.54. The van der Waals surface area contributed by atoms with Gasteiger partial charge in [0, 0.05) is 38.0 Å². The minimum Gasteiger partial charge on any atom is -0.497 e. The number of pyridine rings is 1. The third-order valence-corrected chi connectivity index (χ3v) is 6.01. The van der Waals surface area contributed by atoms with Gasteiger partial charge in [0.25, 0.3) is 0 Å². The van der Waals surface area contributed by atoms with Crippen LogP contribution in [0.4, 0.5) is 5.69 Å². The van der Waals surface area contributed by atoms with Crippen LogP contribution in [0.2, 0.25) is 0 Å². The van der Waals surface area contributed by atoms with Gasteiger partial charge in [-0.1, -0.05) is 6.07 Å². The van der Waals surface area contributed by atoms with Gasteiger partial charge < -0.3 is 19.3 Å². The molecule has 4 rings (SSSR count). The highest BCUT2D eigenvalue weighted by molar-refractivity contribution is 6.01. The summed E-state index contributed by atoms with van der Waals surface area (Å²) in [7, 11) is 3.15. The second kappa shape index (κ2) is 8.73. The maximum Gasteiger partial charge on any atom is 0.228 e. The van der Waals surface area contributed by atoms with Crippen LogP contribution in [0, 0.1) is 5.92 Å². The fourth-order valence-electron chi connectivity index (χ4n) is 4.46. The lowest BCUT2D eigenvalue weighted by Crippen LogP contribution is -2.42. The smallest absolute Gasteiger partial charge is 0.228 e. The molecule has 3 heterocycles. The van der Waals surface area contributed by atoms with Gasteiger partial charge in [-0.2, -0.15) is 0 Å². The van der Waals surface area contributed by atoms with E-state index in [0.717, 1.165) is 31.4 Å². The summed E-state index contributed by atoms with van der Waals surface area (Å²) in [6, 6.07) is 9.31. The van der Waals surface area contributed by atoms with Crippen molar-refractivity contribution in [3.05, 3.63) is 48.3 Å². The number of carbonyl (C=O) groups excluding carboxylic acids is 2. The second-order valence-corrected chi connectivity index (χ2v) is 7.77. The molecule has 0 spiro atoms. The first-order valence-electron chi connectivity index (χ1n) is 10.3. The Hall–Kier alpha value is -3.09. The van der Waals surface area contributed by atoms with Crippen molar-refractivity contribution in [3.63, 3.8) is 0 Å². The van der Waals surface area contributed by atoms with E-state index >= 15 is 0 Å². The summed E-state index contributed by atoms with van der Waals surface area (Å²) in [6.07, 6.45) is 6.79. The standard InChI is InChI=1S/C23H27N3O4/c1-29-18-8-9-20(21(13-18)30-2)26-15-17(12-22(26)27)23(28)25-11-4-3-7-19(25)16-6-5-10-24-14-16/h5-6,8-10,13-14,17,19H,3-4,7,11-12,15H2,1-2H3/t17-,19-/m0/s1. The maximum absolute atomic E-state index is 13.4. The van der Waals surface area contributed by atoms with Crippen molar-refractivity contribution < 1.29 is 19.1 Å². The average Bonchev–Trinajstić information content (AvgIpc) is 3.20. The number of hydrogen-bond acceptors (Lipinski definition) is 5. The highest BCUT2D eigenvalue weighted by Gasteiger charge is 2.40. The quantitative estimate of drug-likeness (QED) is 0.758. The molecule has 2 aliphatic heterocycles. The molecule has 0 unspecified atom stereocenters. The zero-order valence-corrected chi connectivity index (χ0v) is 17.4. The van der Waals surface area contributed by atoms with E-state index < -0.39 is 0 Å². The Morgan fingerprint density at radius 1 is 1.17 bits per heavy atom. The van der Waals surface area contributed by atoms with Crippen molar-refractivity contribution in [3.8, 4) is 11.5 Å². The summed E-state index contributed by atoms with van der Waals surface area (Å²) in [5.74, 6) is 0.838. The van der Waals surface area contributed by atoms with E-state index in [1.807, 2.05) is 29.3 Å². The van der Waals surface area contributed by atoms with Crippen LogP contribution in [0.3, 0.4) is 0 Å². The van der Waals surface area contributed by atoms with Gasteiger partial charge in [0.05, 0.1) is 31.9 Å². The highest BCUT2D eigenvalue weighted by atomic mass is 16.5. The summed E-state index contributed by atoms with van der Waals surface area (Å²) in [6.45, 7) is 1.07. The average molecular weight is 409 g/mol. The number of likely N-dealkylation sites (tertiary alicyclic amines) is 1. The number of hydrogen-bond donors (Lipinski definition) is 0. The number of methoxy groups -OCH3 is 2. The SMILES string of the molecule is COc1ccc(N2C[C@@H](C(=O)N3CCCC[C@H]3c3cccnc3)CC2=O)c(OC)c1. The molecule has 2 amide bonds. The van der Waals surface area contributed by atoms with E-state index in [1.54, 1.807) is 37.4 Å². The van der Waals surface area contributed by atoms with Crippen molar-refractivity contribution in [1.29, 1.82) is 0 Å². The summed E-state index contributed by atoms with van der Waals surface area (Å²) in [4.78, 5) is 34.1. The number of piperidine rings is 1. The number of ether oxygens (including phenoxy) is 2. The molecular weight excluding hydrogens is 382 g/mol. The molecule has 0 N–H and O–H groups in total. The lowest BCUT2D eigenvalue weighted by molar-refractivity contribution is -0.139. The molecule has 2 aromatic rings. The lowest BCUT2D eigenvalue weighted by Gasteiger charge is -2.37. The van der Waals surface area contributed by atoms with Crippen molar-refractivity contribution in [1.82, 2.24) is 9.88 Å². The summed E-state index contributed by atoms with van der Waals surface area (Å²) < 4.78 is 10.7. The van der Waals surface area contributed by atoms with E-state index in [2.05, 4.69) is 4.98 Å². The number of carbonyl (C=O) groups is 2. The van der Waals surface area contributed by atoms with Crippen LogP contribution >= 0.6 is 0 Å². The lowest BCUT2D eigenvalue weighted by atomic mass is 9.94. The van der Waals surface area contributed by atoms with Crippen molar-refractivity contribution in [2.45, 2.75) is 31.7 Å². The number of rotatable bonds is 5. The largest absolute Gasteiger partial charge is 0.497 e. The molecule has 0 bridgehead atoms. The van der Waals surface area contributed by atoms with Gasteiger partial charge in [0.2, 0.25) is 11.8 Å². The fraction of sp³-hybridized carbons (Fsp3) is 0.435. The monoisotopic (exact) mass is 409 g/mol. The molecule has 158 valence electrons. The molecule has 7 heteroatoms. The molecule has 2 aliphatic rings. The normalized spacial score (nSPS) is 21.6. The van der Waals surface area contributed by atoms with E-state index in [4.69, 9.17) is 9.47 Å². The van der Waals surface area contributed by atoms with Crippen molar-refractivity contribution >= 4 is 17.5 Å². The second-order valence-electron chi connectivity index (χ2n) is 7.77. The van der Waals surface area contributed by atoms with E-state index in [1.165, 1.54) is 0 Å². The van der Waals surface area contributed by atoms with Crippen LogP contribution in [-0.4, -0.2) is 49.0 Å². The molecule has 7 nitrogen and oxygen atoms in total. The van der Waals surface area contributed by atoms with E-state index in [0.29, 0.717) is 23.7 Å². The van der Waals surface area contributed by atoms with Gasteiger partial charge in [-0.15, -0.1) is 0 Å². The Morgan fingerprint density at radius 2 is 2.03 bits per heavy atom. The molecule has 1 aromatic carbocycles. The molecule has 2 fully saturated rings. The minimum atomic E-state index is -0.360. The number of anilines is 1. The molecule has 2 saturated heterocycles. The Morgan fingerprint density at radius 3 is 2.77 bits per heavy atom. The van der Waals surface area contributed by atoms with Crippen LogP contribution in [0.1, 0.15) is 37.3 Å². The van der Waals surface area contributed by atoms with Gasteiger partial charge in [0.15, 0.2) is 0 Å². The first-order valence-corrected chi connectivity index (χ1v) is 10.3. The third kappa shape index (κ3) is 3.84. The van der Waals surface area contributed by atoms with Gasteiger partial charge in [-0.05, 0) is 43.0 Å². The molecule has 0 aliphatic carbocycles. The topological polar surface area (TPSA) is 72.0 Å². The maximum atomic E-state index is 13.4. The minimum absolute atomic E-state index is 0.0274. The molecular formula is C23H27N3O4. The zero-order valence-electron chi connectivity index (χ0n) is 17.4. The van der Waals surface area contributed by atoms with E-state index in [9.17, 15) is 9.59 Å². The van der Waals surface area contributed by atoms with Crippen LogP contribution in [0.25, 0.3) is 0 Å². The molecule has 2 atom stereocenters. The molecule has 0 saturated carbocycles. The Kier molecular flexibility index (Phi) is 5.88. The van der Waals surface area contributed by atoms with Crippen molar-refractivity contribution in [2.24, 2.45) is 5.92 Å². The van der Waals surface area contributed by atoms with Crippen LogP contribution < -0.4 is 14.4 Å². The van der Waals surface area contributed by atoms with Crippen LogP contribution in [0.5, 0.6) is 11.5 Å². The van der Waals surface area contributed by atoms with E-state index in [-0.39, 0.29) is 30.2 Å². The Labute approximate surface area is 176 Å². The number of amides is 2. The predicted molar refractivity (Wildman–Crippen MR) is 113 cm³/mol. The summed E-state index contributed by atoms with van der Waals surface area (Å²) in [5, 5.41) is 0. The summed E-state index contributed by atoms with van der Waals surface area (Å²) >= 11 is 0. The van der Waals surface area contributed by atoms with Gasteiger partial charge in [-0.3, -0.25) is 14.6 Å². The predicted octanol–water partition coefficient (Wildman–Crippen LogP) is 3.21. The number of nitrogens with zero attached hydrogens (tertiary/aromatic N) is 3. The first kappa shape index (κ1) is 20.2. The molecule has 30 heavy (non-hydrogen) atoms. The van der Waals surface area contributed by atoms with Crippen LogP contribution in [0.15, 0.2) is 42.7 Å². The molecule has 0 radical (unpaired) electrons. The van der Waals surface area contributed by atoms with Crippen molar-refractivity contribution in [2.75, 3.05) is 32.2 Å². The third-order valence-electron chi connectivity index (χ3n) is 6.01. The fourth-order valence-corrected chi connectivity index (χ4v) is 4.46. The zero-order chi connectivity index (χ0) is 21.1. The number of aromatic nitrogens is 1.